The van der Waals surface area contributed by atoms with E-state index in [4.69, 9.17) is 4.42 Å². The molecule has 0 aliphatic carbocycles. The van der Waals surface area contributed by atoms with Gasteiger partial charge in [0.15, 0.2) is 5.54 Å². The standard InChI is InChI=1S/C15H17NO3S/c1-16-15(14(17)18,12-6-3-2-4-7-12)11-20-10-13-8-5-9-19-13/h2-9,16H,10-11H2,1H3,(H,17,18). The van der Waals surface area contributed by atoms with Gasteiger partial charge >= 0.3 is 5.97 Å². The smallest absolute Gasteiger partial charge is 0.329 e. The van der Waals surface area contributed by atoms with Crippen LogP contribution in [0.2, 0.25) is 0 Å². The average Bonchev–Trinajstić information content (AvgIpc) is 2.97. The number of carbonyl (C=O) groups is 1. The van der Waals surface area contributed by atoms with Crippen LogP contribution in [0, 0.1) is 0 Å². The van der Waals surface area contributed by atoms with E-state index >= 15 is 0 Å². The van der Waals surface area contributed by atoms with E-state index in [0.29, 0.717) is 11.5 Å². The third-order valence-electron chi connectivity index (χ3n) is 3.20. The minimum atomic E-state index is -1.08. The van der Waals surface area contributed by atoms with Crippen LogP contribution in [0.15, 0.2) is 53.1 Å². The van der Waals surface area contributed by atoms with Gasteiger partial charge in [0, 0.05) is 5.75 Å². The largest absolute Gasteiger partial charge is 0.480 e. The highest BCUT2D eigenvalue weighted by molar-refractivity contribution is 7.98. The second-order valence-corrected chi connectivity index (χ2v) is 5.38. The maximum atomic E-state index is 11.7. The Kier molecular flexibility index (Phi) is 4.87. The van der Waals surface area contributed by atoms with Crippen molar-refractivity contribution < 1.29 is 14.3 Å². The number of hydrogen-bond donors (Lipinski definition) is 2. The molecule has 20 heavy (non-hydrogen) atoms. The molecule has 0 aliphatic heterocycles. The highest BCUT2D eigenvalue weighted by atomic mass is 32.2. The maximum Gasteiger partial charge on any atom is 0.329 e. The molecule has 0 bridgehead atoms. The van der Waals surface area contributed by atoms with Gasteiger partial charge in [0.2, 0.25) is 0 Å². The molecule has 1 atom stereocenters. The van der Waals surface area contributed by atoms with E-state index in [1.54, 1.807) is 13.3 Å². The Bertz CT molecular complexity index is 542. The lowest BCUT2D eigenvalue weighted by molar-refractivity contribution is -0.144. The lowest BCUT2D eigenvalue weighted by Gasteiger charge is -2.29. The minimum absolute atomic E-state index is 0.420. The van der Waals surface area contributed by atoms with Gasteiger partial charge in [-0.15, -0.1) is 0 Å². The highest BCUT2D eigenvalue weighted by Crippen LogP contribution is 2.27. The molecule has 4 nitrogen and oxygen atoms in total. The third kappa shape index (κ3) is 3.05. The molecule has 1 unspecified atom stereocenters. The van der Waals surface area contributed by atoms with E-state index in [1.165, 1.54) is 11.8 Å². The van der Waals surface area contributed by atoms with E-state index in [1.807, 2.05) is 42.5 Å². The molecule has 0 fully saturated rings. The lowest BCUT2D eigenvalue weighted by atomic mass is 9.92. The number of carboxylic acids is 1. The predicted molar refractivity (Wildman–Crippen MR) is 79.7 cm³/mol. The Morgan fingerprint density at radius 2 is 2.05 bits per heavy atom. The van der Waals surface area contributed by atoms with Crippen LogP contribution in [0.4, 0.5) is 0 Å². The van der Waals surface area contributed by atoms with Crippen LogP contribution in [-0.2, 0) is 16.1 Å². The van der Waals surface area contributed by atoms with Crippen molar-refractivity contribution in [1.82, 2.24) is 5.32 Å². The minimum Gasteiger partial charge on any atom is -0.480 e. The fraction of sp³-hybridized carbons (Fsp3) is 0.267. The van der Waals surface area contributed by atoms with Gasteiger partial charge < -0.3 is 14.8 Å². The maximum absolute atomic E-state index is 11.7. The normalized spacial score (nSPS) is 13.8. The Balaban J connectivity index is 2.13. The summed E-state index contributed by atoms with van der Waals surface area (Å²) in [6.07, 6.45) is 1.62. The van der Waals surface area contributed by atoms with E-state index in [-0.39, 0.29) is 0 Å². The Hall–Kier alpha value is -1.72. The Labute approximate surface area is 122 Å². The summed E-state index contributed by atoms with van der Waals surface area (Å²) in [5.74, 6) is 1.04. The van der Waals surface area contributed by atoms with Crippen LogP contribution in [0.25, 0.3) is 0 Å². The van der Waals surface area contributed by atoms with E-state index in [9.17, 15) is 9.90 Å². The summed E-state index contributed by atoms with van der Waals surface area (Å²) >= 11 is 1.53. The van der Waals surface area contributed by atoms with Gasteiger partial charge in [-0.1, -0.05) is 30.3 Å². The molecular formula is C15H17NO3S. The van der Waals surface area contributed by atoms with Gasteiger partial charge in [-0.2, -0.15) is 11.8 Å². The van der Waals surface area contributed by atoms with Crippen LogP contribution in [0.3, 0.4) is 0 Å². The van der Waals surface area contributed by atoms with Crippen LogP contribution in [-0.4, -0.2) is 23.9 Å². The number of carboxylic acid groups (broad SMARTS) is 1. The number of benzene rings is 1. The first-order chi connectivity index (χ1) is 9.69. The molecule has 2 N–H and O–H groups in total. The molecule has 106 valence electrons. The molecule has 2 rings (SSSR count). The van der Waals surface area contributed by atoms with Crippen molar-refractivity contribution in [2.45, 2.75) is 11.3 Å². The van der Waals surface area contributed by atoms with Gasteiger partial charge in [0.25, 0.3) is 0 Å². The van der Waals surface area contributed by atoms with Gasteiger partial charge in [-0.3, -0.25) is 0 Å². The molecule has 0 saturated heterocycles. The zero-order valence-electron chi connectivity index (χ0n) is 11.2. The molecule has 2 aromatic rings. The molecule has 0 spiro atoms. The SMILES string of the molecule is CNC(CSCc1ccco1)(C(=O)O)c1ccccc1. The van der Waals surface area contributed by atoms with Crippen molar-refractivity contribution in [3.8, 4) is 0 Å². The van der Waals surface area contributed by atoms with Crippen LogP contribution >= 0.6 is 11.8 Å². The predicted octanol–water partition coefficient (Wildman–Crippen LogP) is 2.71. The van der Waals surface area contributed by atoms with Crippen LogP contribution < -0.4 is 5.32 Å². The number of aliphatic carboxylic acids is 1. The van der Waals surface area contributed by atoms with Crippen molar-refractivity contribution in [3.63, 3.8) is 0 Å². The van der Waals surface area contributed by atoms with Crippen molar-refractivity contribution >= 4 is 17.7 Å². The summed E-state index contributed by atoms with van der Waals surface area (Å²) in [5.41, 5.74) is -0.333. The summed E-state index contributed by atoms with van der Waals surface area (Å²) in [6, 6.07) is 13.0. The molecule has 0 saturated carbocycles. The summed E-state index contributed by atoms with van der Waals surface area (Å²) in [7, 11) is 1.68. The summed E-state index contributed by atoms with van der Waals surface area (Å²) in [6.45, 7) is 0. The molecule has 5 heteroatoms. The number of rotatable bonds is 7. The zero-order valence-corrected chi connectivity index (χ0v) is 12.0. The number of furan rings is 1. The second kappa shape index (κ2) is 6.63. The fourth-order valence-electron chi connectivity index (χ4n) is 2.01. The first-order valence-corrected chi connectivity index (χ1v) is 7.42. The monoisotopic (exact) mass is 291 g/mol. The molecule has 0 radical (unpaired) electrons. The Morgan fingerprint density at radius 3 is 2.60 bits per heavy atom. The Morgan fingerprint density at radius 1 is 1.30 bits per heavy atom. The average molecular weight is 291 g/mol. The number of hydrogen-bond acceptors (Lipinski definition) is 4. The van der Waals surface area contributed by atoms with Gasteiger partial charge in [0.05, 0.1) is 12.0 Å². The molecule has 0 amide bonds. The number of thioether (sulfide) groups is 1. The summed E-state index contributed by atoms with van der Waals surface area (Å²) in [4.78, 5) is 11.7. The summed E-state index contributed by atoms with van der Waals surface area (Å²) in [5, 5.41) is 12.6. The molecular weight excluding hydrogens is 274 g/mol. The van der Waals surface area contributed by atoms with E-state index < -0.39 is 11.5 Å². The third-order valence-corrected chi connectivity index (χ3v) is 4.33. The lowest BCUT2D eigenvalue weighted by Crippen LogP contribution is -2.49. The molecule has 1 heterocycles. The summed E-state index contributed by atoms with van der Waals surface area (Å²) < 4.78 is 5.26. The van der Waals surface area contributed by atoms with Crippen LogP contribution in [0.1, 0.15) is 11.3 Å². The molecule has 1 aromatic heterocycles. The molecule has 1 aromatic carbocycles. The van der Waals surface area contributed by atoms with E-state index in [0.717, 1.165) is 11.3 Å². The van der Waals surface area contributed by atoms with Crippen molar-refractivity contribution in [1.29, 1.82) is 0 Å². The highest BCUT2D eigenvalue weighted by Gasteiger charge is 2.38. The number of nitrogens with one attached hydrogen (secondary N) is 1. The first kappa shape index (κ1) is 14.7. The molecule has 0 aliphatic rings. The topological polar surface area (TPSA) is 62.5 Å². The van der Waals surface area contributed by atoms with Gasteiger partial charge in [0.1, 0.15) is 5.76 Å². The quantitative estimate of drug-likeness (QED) is 0.821. The van der Waals surface area contributed by atoms with Crippen molar-refractivity contribution in [3.05, 3.63) is 60.1 Å². The first-order valence-electron chi connectivity index (χ1n) is 6.27. The van der Waals surface area contributed by atoms with Crippen molar-refractivity contribution in [2.24, 2.45) is 0 Å². The second-order valence-electron chi connectivity index (χ2n) is 4.40. The number of likely N-dealkylation sites (N-methyl/N-ethyl adjacent to an activating group) is 1. The van der Waals surface area contributed by atoms with Gasteiger partial charge in [-0.05, 0) is 24.7 Å². The van der Waals surface area contributed by atoms with E-state index in [2.05, 4.69) is 5.32 Å². The van der Waals surface area contributed by atoms with Crippen molar-refractivity contribution in [2.75, 3.05) is 12.8 Å². The van der Waals surface area contributed by atoms with Crippen LogP contribution in [0.5, 0.6) is 0 Å². The zero-order chi connectivity index (χ0) is 14.4. The fourth-order valence-corrected chi connectivity index (χ4v) is 3.22. The van der Waals surface area contributed by atoms with Gasteiger partial charge in [-0.25, -0.2) is 4.79 Å².